The van der Waals surface area contributed by atoms with Crippen molar-refractivity contribution in [1.29, 1.82) is 0 Å². The maximum absolute atomic E-state index is 12.7. The number of para-hydroxylation sites is 2. The average Bonchev–Trinajstić information content (AvgIpc) is 2.97. The molecule has 0 radical (unpaired) electrons. The fraction of sp³-hybridized carbons (Fsp3) is 0.263. The van der Waals surface area contributed by atoms with Gasteiger partial charge < -0.3 is 9.88 Å². The largest absolute Gasteiger partial charge is 0.338 e. The molecule has 26 heavy (non-hydrogen) atoms. The van der Waals surface area contributed by atoms with E-state index >= 15 is 0 Å². The number of rotatable bonds is 2. The summed E-state index contributed by atoms with van der Waals surface area (Å²) in [6.07, 6.45) is 1.44. The molecule has 0 saturated carbocycles. The molecule has 1 saturated heterocycles. The van der Waals surface area contributed by atoms with Gasteiger partial charge in [0.05, 0.1) is 21.6 Å². The van der Waals surface area contributed by atoms with E-state index in [4.69, 9.17) is 23.2 Å². The van der Waals surface area contributed by atoms with E-state index in [1.807, 2.05) is 28.8 Å². The molecule has 4 rings (SSSR count). The van der Waals surface area contributed by atoms with E-state index in [-0.39, 0.29) is 17.6 Å². The average molecular weight is 390 g/mol. The Morgan fingerprint density at radius 1 is 1.08 bits per heavy atom. The minimum atomic E-state index is -0.101. The molecule has 5 nitrogen and oxygen atoms in total. The first-order chi connectivity index (χ1) is 12.5. The van der Waals surface area contributed by atoms with Crippen molar-refractivity contribution >= 4 is 40.1 Å². The van der Waals surface area contributed by atoms with Gasteiger partial charge in [-0.05, 0) is 43.2 Å². The Kier molecular flexibility index (Phi) is 4.51. The number of fused-ring (bicyclic) bond motifs is 1. The van der Waals surface area contributed by atoms with E-state index in [0.717, 1.165) is 23.9 Å². The SMILES string of the molecule is O=C(c1ccc(Cl)cc1Cl)N1CCC(n2c(=O)[nH]c3ccccc32)CC1. The van der Waals surface area contributed by atoms with Gasteiger partial charge >= 0.3 is 5.69 Å². The van der Waals surface area contributed by atoms with Crippen molar-refractivity contribution < 1.29 is 4.79 Å². The van der Waals surface area contributed by atoms with E-state index < -0.39 is 0 Å². The van der Waals surface area contributed by atoms with Gasteiger partial charge in [0.15, 0.2) is 0 Å². The molecule has 2 heterocycles. The lowest BCUT2D eigenvalue weighted by molar-refractivity contribution is 0.0695. The Balaban J connectivity index is 1.53. The minimum absolute atomic E-state index is 0.0726. The molecular formula is C19H17Cl2N3O2. The van der Waals surface area contributed by atoms with Crippen molar-refractivity contribution in [2.45, 2.75) is 18.9 Å². The Bertz CT molecular complexity index is 1030. The molecule has 0 atom stereocenters. The van der Waals surface area contributed by atoms with Crippen molar-refractivity contribution in [1.82, 2.24) is 14.5 Å². The normalized spacial score (nSPS) is 15.5. The highest BCUT2D eigenvalue weighted by Gasteiger charge is 2.27. The number of hydrogen-bond donors (Lipinski definition) is 1. The molecule has 1 N–H and O–H groups in total. The summed E-state index contributed by atoms with van der Waals surface area (Å²) >= 11 is 12.1. The Morgan fingerprint density at radius 2 is 1.81 bits per heavy atom. The van der Waals surface area contributed by atoms with Gasteiger partial charge in [-0.1, -0.05) is 35.3 Å². The summed E-state index contributed by atoms with van der Waals surface area (Å²) in [4.78, 5) is 29.8. The number of piperidine rings is 1. The number of H-pyrrole nitrogens is 1. The van der Waals surface area contributed by atoms with Gasteiger partial charge in [0, 0.05) is 24.2 Å². The molecule has 1 amide bonds. The smallest absolute Gasteiger partial charge is 0.326 e. The van der Waals surface area contributed by atoms with Crippen molar-refractivity contribution in [2.24, 2.45) is 0 Å². The van der Waals surface area contributed by atoms with Crippen LogP contribution in [0, 0.1) is 0 Å². The second-order valence-corrected chi connectivity index (χ2v) is 7.31. The van der Waals surface area contributed by atoms with Crippen LogP contribution in [0.5, 0.6) is 0 Å². The van der Waals surface area contributed by atoms with Crippen LogP contribution in [-0.2, 0) is 0 Å². The third-order valence-corrected chi connectivity index (χ3v) is 5.45. The number of nitrogens with zero attached hydrogens (tertiary/aromatic N) is 2. The molecule has 7 heteroatoms. The van der Waals surface area contributed by atoms with Gasteiger partial charge in [-0.25, -0.2) is 4.79 Å². The number of aromatic nitrogens is 2. The fourth-order valence-electron chi connectivity index (χ4n) is 3.60. The predicted octanol–water partition coefficient (Wildman–Crippen LogP) is 4.11. The van der Waals surface area contributed by atoms with Crippen LogP contribution in [0.4, 0.5) is 0 Å². The van der Waals surface area contributed by atoms with Gasteiger partial charge in [-0.2, -0.15) is 0 Å². The number of carbonyl (C=O) groups excluding carboxylic acids is 1. The first-order valence-corrected chi connectivity index (χ1v) is 9.24. The Hall–Kier alpha value is -2.24. The van der Waals surface area contributed by atoms with Crippen molar-refractivity contribution in [3.05, 3.63) is 68.6 Å². The summed E-state index contributed by atoms with van der Waals surface area (Å²) in [6.45, 7) is 1.16. The van der Waals surface area contributed by atoms with Crippen LogP contribution in [0.25, 0.3) is 11.0 Å². The standard InChI is InChI=1S/C19H17Cl2N3O2/c20-12-5-6-14(15(21)11-12)18(25)23-9-7-13(8-10-23)24-17-4-2-1-3-16(17)22-19(24)26/h1-6,11,13H,7-10H2,(H,22,26). The molecule has 134 valence electrons. The summed E-state index contributed by atoms with van der Waals surface area (Å²) in [6, 6.07) is 12.6. The molecule has 1 aliphatic rings. The summed E-state index contributed by atoms with van der Waals surface area (Å²) in [5, 5.41) is 0.862. The number of nitrogens with one attached hydrogen (secondary N) is 1. The van der Waals surface area contributed by atoms with Gasteiger partial charge in [-0.3, -0.25) is 9.36 Å². The van der Waals surface area contributed by atoms with E-state index in [0.29, 0.717) is 28.7 Å². The summed E-state index contributed by atoms with van der Waals surface area (Å²) in [5.41, 5.74) is 2.10. The monoisotopic (exact) mass is 389 g/mol. The van der Waals surface area contributed by atoms with E-state index in [1.165, 1.54) is 0 Å². The van der Waals surface area contributed by atoms with Crippen LogP contribution < -0.4 is 5.69 Å². The molecule has 1 fully saturated rings. The number of amides is 1. The highest BCUT2D eigenvalue weighted by Crippen LogP contribution is 2.27. The zero-order chi connectivity index (χ0) is 18.3. The second-order valence-electron chi connectivity index (χ2n) is 6.46. The first-order valence-electron chi connectivity index (χ1n) is 8.48. The fourth-order valence-corrected chi connectivity index (χ4v) is 4.09. The highest BCUT2D eigenvalue weighted by atomic mass is 35.5. The van der Waals surface area contributed by atoms with Crippen molar-refractivity contribution in [3.63, 3.8) is 0 Å². The number of imidazole rings is 1. The molecule has 0 spiro atoms. The van der Waals surface area contributed by atoms with Crippen LogP contribution in [0.3, 0.4) is 0 Å². The van der Waals surface area contributed by atoms with E-state index in [9.17, 15) is 9.59 Å². The molecular weight excluding hydrogens is 373 g/mol. The number of aromatic amines is 1. The molecule has 0 unspecified atom stereocenters. The highest BCUT2D eigenvalue weighted by molar-refractivity contribution is 6.36. The lowest BCUT2D eigenvalue weighted by Crippen LogP contribution is -2.40. The van der Waals surface area contributed by atoms with Gasteiger partial charge in [0.1, 0.15) is 0 Å². The molecule has 0 aliphatic carbocycles. The number of hydrogen-bond acceptors (Lipinski definition) is 2. The number of carbonyl (C=O) groups is 1. The van der Waals surface area contributed by atoms with Crippen molar-refractivity contribution in [3.8, 4) is 0 Å². The molecule has 1 aromatic heterocycles. The Morgan fingerprint density at radius 3 is 2.54 bits per heavy atom. The zero-order valence-electron chi connectivity index (χ0n) is 13.9. The van der Waals surface area contributed by atoms with Crippen LogP contribution in [0.15, 0.2) is 47.3 Å². The predicted molar refractivity (Wildman–Crippen MR) is 103 cm³/mol. The summed E-state index contributed by atoms with van der Waals surface area (Å²) in [7, 11) is 0. The molecule has 1 aliphatic heterocycles. The maximum atomic E-state index is 12.7. The van der Waals surface area contributed by atoms with Crippen LogP contribution in [0.2, 0.25) is 10.0 Å². The van der Waals surface area contributed by atoms with Crippen LogP contribution in [-0.4, -0.2) is 33.4 Å². The lowest BCUT2D eigenvalue weighted by atomic mass is 10.0. The quantitative estimate of drug-likeness (QED) is 0.716. The third-order valence-electron chi connectivity index (χ3n) is 4.90. The van der Waals surface area contributed by atoms with Crippen molar-refractivity contribution in [2.75, 3.05) is 13.1 Å². The van der Waals surface area contributed by atoms with Gasteiger partial charge in [0.25, 0.3) is 5.91 Å². The van der Waals surface area contributed by atoms with E-state index in [1.54, 1.807) is 23.1 Å². The summed E-state index contributed by atoms with van der Waals surface area (Å²) < 4.78 is 1.81. The maximum Gasteiger partial charge on any atom is 0.326 e. The summed E-state index contributed by atoms with van der Waals surface area (Å²) in [5.74, 6) is -0.101. The topological polar surface area (TPSA) is 58.1 Å². The second kappa shape index (κ2) is 6.82. The number of halogens is 2. The molecule has 0 bridgehead atoms. The molecule has 2 aromatic carbocycles. The number of benzene rings is 2. The number of likely N-dealkylation sites (tertiary alicyclic amines) is 1. The van der Waals surface area contributed by atoms with Gasteiger partial charge in [-0.15, -0.1) is 0 Å². The Labute approximate surface area is 160 Å². The minimum Gasteiger partial charge on any atom is -0.338 e. The third kappa shape index (κ3) is 3.02. The molecule has 3 aromatic rings. The zero-order valence-corrected chi connectivity index (χ0v) is 15.4. The van der Waals surface area contributed by atoms with E-state index in [2.05, 4.69) is 4.98 Å². The lowest BCUT2D eigenvalue weighted by Gasteiger charge is -2.32. The van der Waals surface area contributed by atoms with Gasteiger partial charge in [0.2, 0.25) is 0 Å². The van der Waals surface area contributed by atoms with Crippen LogP contribution >= 0.6 is 23.2 Å². The first kappa shape index (κ1) is 17.2. The van der Waals surface area contributed by atoms with Crippen LogP contribution in [0.1, 0.15) is 29.2 Å².